The van der Waals surface area contributed by atoms with Gasteiger partial charge in [0, 0.05) is 5.02 Å². The molecular weight excluding hydrogens is 268 g/mol. The van der Waals surface area contributed by atoms with Crippen molar-refractivity contribution in [3.05, 3.63) is 64.7 Å². The summed E-state index contributed by atoms with van der Waals surface area (Å²) in [7, 11) is 0. The molecule has 0 aromatic heterocycles. The van der Waals surface area contributed by atoms with Crippen LogP contribution in [0.1, 0.15) is 20.7 Å². The van der Waals surface area contributed by atoms with Crippen LogP contribution in [0.25, 0.3) is 0 Å². The zero-order valence-corrected chi connectivity index (χ0v) is 10.4. The average Bonchev–Trinajstić information content (AvgIpc) is 2.41. The monoisotopic (exact) mass is 276 g/mol. The maximum absolute atomic E-state index is 11.8. The van der Waals surface area contributed by atoms with Crippen LogP contribution in [0.2, 0.25) is 5.02 Å². The molecule has 0 heterocycles. The maximum atomic E-state index is 11.8. The minimum Gasteiger partial charge on any atom is -0.478 e. The molecule has 0 atom stereocenters. The molecule has 0 spiro atoms. The highest BCUT2D eigenvalue weighted by Crippen LogP contribution is 2.17. The zero-order valence-electron chi connectivity index (χ0n) is 9.67. The number of ether oxygens (including phenoxy) is 1. The van der Waals surface area contributed by atoms with Crippen LogP contribution >= 0.6 is 11.6 Å². The van der Waals surface area contributed by atoms with Crippen molar-refractivity contribution in [2.75, 3.05) is 0 Å². The van der Waals surface area contributed by atoms with Gasteiger partial charge in [-0.2, -0.15) is 0 Å². The molecule has 2 aromatic carbocycles. The lowest BCUT2D eigenvalue weighted by Crippen LogP contribution is -2.08. The number of hydrogen-bond acceptors (Lipinski definition) is 3. The van der Waals surface area contributed by atoms with Crippen LogP contribution in [-0.2, 0) is 0 Å². The molecule has 0 unspecified atom stereocenters. The highest BCUT2D eigenvalue weighted by molar-refractivity contribution is 6.30. The normalized spacial score (nSPS) is 9.95. The Hall–Kier alpha value is -2.33. The van der Waals surface area contributed by atoms with Gasteiger partial charge < -0.3 is 9.84 Å². The van der Waals surface area contributed by atoms with E-state index in [4.69, 9.17) is 21.4 Å². The molecular formula is C14H9ClO4. The van der Waals surface area contributed by atoms with Crippen LogP contribution in [0.4, 0.5) is 0 Å². The number of esters is 1. The van der Waals surface area contributed by atoms with Gasteiger partial charge >= 0.3 is 11.9 Å². The van der Waals surface area contributed by atoms with E-state index < -0.39 is 11.9 Å². The summed E-state index contributed by atoms with van der Waals surface area (Å²) in [5.41, 5.74) is 0.392. The molecule has 5 heteroatoms. The SMILES string of the molecule is O=C(O)c1ccc(C(=O)Oc2ccc(Cl)cc2)cc1. The largest absolute Gasteiger partial charge is 0.478 e. The van der Waals surface area contributed by atoms with Gasteiger partial charge in [-0.15, -0.1) is 0 Å². The Kier molecular flexibility index (Phi) is 3.82. The lowest BCUT2D eigenvalue weighted by atomic mass is 10.1. The number of halogens is 1. The molecule has 0 saturated carbocycles. The summed E-state index contributed by atoms with van der Waals surface area (Å²) in [4.78, 5) is 22.5. The molecule has 2 aromatic rings. The van der Waals surface area contributed by atoms with Crippen molar-refractivity contribution in [3.8, 4) is 5.75 Å². The fourth-order valence-electron chi connectivity index (χ4n) is 1.42. The number of hydrogen-bond donors (Lipinski definition) is 1. The molecule has 19 heavy (non-hydrogen) atoms. The van der Waals surface area contributed by atoms with Crippen LogP contribution in [-0.4, -0.2) is 17.0 Å². The number of aromatic carboxylic acids is 1. The van der Waals surface area contributed by atoms with E-state index in [0.29, 0.717) is 10.8 Å². The molecule has 0 fully saturated rings. The third kappa shape index (κ3) is 3.33. The van der Waals surface area contributed by atoms with Crippen molar-refractivity contribution >= 4 is 23.5 Å². The van der Waals surface area contributed by atoms with Crippen molar-refractivity contribution in [3.63, 3.8) is 0 Å². The third-order valence-corrected chi connectivity index (χ3v) is 2.64. The van der Waals surface area contributed by atoms with E-state index in [1.807, 2.05) is 0 Å². The van der Waals surface area contributed by atoms with Gasteiger partial charge in [0.1, 0.15) is 5.75 Å². The highest BCUT2D eigenvalue weighted by Gasteiger charge is 2.10. The smallest absolute Gasteiger partial charge is 0.343 e. The van der Waals surface area contributed by atoms with E-state index in [-0.39, 0.29) is 11.1 Å². The molecule has 0 radical (unpaired) electrons. The van der Waals surface area contributed by atoms with Crippen molar-refractivity contribution in [1.29, 1.82) is 0 Å². The summed E-state index contributed by atoms with van der Waals surface area (Å²) in [6.45, 7) is 0. The molecule has 4 nitrogen and oxygen atoms in total. The molecule has 0 saturated heterocycles. The van der Waals surface area contributed by atoms with Crippen LogP contribution in [0.5, 0.6) is 5.75 Å². The van der Waals surface area contributed by atoms with E-state index in [1.165, 1.54) is 24.3 Å². The van der Waals surface area contributed by atoms with Gasteiger partial charge in [0.15, 0.2) is 0 Å². The molecule has 0 bridgehead atoms. The van der Waals surface area contributed by atoms with Crippen LogP contribution in [0.3, 0.4) is 0 Å². The first-order valence-corrected chi connectivity index (χ1v) is 5.75. The Balaban J connectivity index is 2.11. The molecule has 1 N–H and O–H groups in total. The lowest BCUT2D eigenvalue weighted by molar-refractivity contribution is 0.0691. The van der Waals surface area contributed by atoms with Crippen molar-refractivity contribution in [2.24, 2.45) is 0 Å². The minimum atomic E-state index is -1.04. The number of carbonyl (C=O) groups excluding carboxylic acids is 1. The van der Waals surface area contributed by atoms with Gasteiger partial charge in [-0.05, 0) is 48.5 Å². The maximum Gasteiger partial charge on any atom is 0.343 e. The Morgan fingerprint density at radius 1 is 0.895 bits per heavy atom. The molecule has 0 aliphatic heterocycles. The predicted octanol–water partition coefficient (Wildman–Crippen LogP) is 3.26. The molecule has 2 rings (SSSR count). The van der Waals surface area contributed by atoms with E-state index in [9.17, 15) is 9.59 Å². The van der Waals surface area contributed by atoms with Crippen LogP contribution in [0.15, 0.2) is 48.5 Å². The van der Waals surface area contributed by atoms with Crippen molar-refractivity contribution in [2.45, 2.75) is 0 Å². The second kappa shape index (κ2) is 5.54. The van der Waals surface area contributed by atoms with Gasteiger partial charge in [-0.25, -0.2) is 9.59 Å². The summed E-state index contributed by atoms with van der Waals surface area (Å²) in [5, 5.41) is 9.29. The van der Waals surface area contributed by atoms with Crippen LogP contribution < -0.4 is 4.74 Å². The first kappa shape index (κ1) is 13.1. The van der Waals surface area contributed by atoms with E-state index in [2.05, 4.69) is 0 Å². The van der Waals surface area contributed by atoms with Gasteiger partial charge in [0.2, 0.25) is 0 Å². The predicted molar refractivity (Wildman–Crippen MR) is 69.8 cm³/mol. The summed E-state index contributed by atoms with van der Waals surface area (Å²) in [6.07, 6.45) is 0. The summed E-state index contributed by atoms with van der Waals surface area (Å²) in [5.74, 6) is -1.23. The average molecular weight is 277 g/mol. The Bertz CT molecular complexity index is 602. The third-order valence-electron chi connectivity index (χ3n) is 2.39. The quantitative estimate of drug-likeness (QED) is 0.690. The Labute approximate surface area is 114 Å². The second-order valence-corrected chi connectivity index (χ2v) is 4.16. The zero-order chi connectivity index (χ0) is 13.8. The Morgan fingerprint density at radius 3 is 1.95 bits per heavy atom. The van der Waals surface area contributed by atoms with E-state index in [0.717, 1.165) is 0 Å². The summed E-state index contributed by atoms with van der Waals surface area (Å²) in [6, 6.07) is 11.9. The Morgan fingerprint density at radius 2 is 1.42 bits per heavy atom. The van der Waals surface area contributed by atoms with E-state index in [1.54, 1.807) is 24.3 Å². The molecule has 0 aliphatic rings. The molecule has 96 valence electrons. The summed E-state index contributed by atoms with van der Waals surface area (Å²) < 4.78 is 5.11. The van der Waals surface area contributed by atoms with Gasteiger partial charge in [-0.1, -0.05) is 11.6 Å². The first-order chi connectivity index (χ1) is 9.06. The first-order valence-electron chi connectivity index (χ1n) is 5.37. The summed E-state index contributed by atoms with van der Waals surface area (Å²) >= 11 is 5.72. The topological polar surface area (TPSA) is 63.6 Å². The van der Waals surface area contributed by atoms with Gasteiger partial charge in [-0.3, -0.25) is 0 Å². The van der Waals surface area contributed by atoms with Gasteiger partial charge in [0.05, 0.1) is 11.1 Å². The number of rotatable bonds is 3. The second-order valence-electron chi connectivity index (χ2n) is 3.73. The van der Waals surface area contributed by atoms with Crippen molar-refractivity contribution < 1.29 is 19.4 Å². The molecule has 0 amide bonds. The van der Waals surface area contributed by atoms with Crippen molar-refractivity contribution in [1.82, 2.24) is 0 Å². The standard InChI is InChI=1S/C14H9ClO4/c15-11-5-7-12(8-6-11)19-14(18)10-3-1-9(2-4-10)13(16)17/h1-8H,(H,16,17). The highest BCUT2D eigenvalue weighted by atomic mass is 35.5. The number of benzene rings is 2. The van der Waals surface area contributed by atoms with Crippen LogP contribution in [0, 0.1) is 0 Å². The van der Waals surface area contributed by atoms with E-state index >= 15 is 0 Å². The fraction of sp³-hybridized carbons (Fsp3) is 0. The van der Waals surface area contributed by atoms with Gasteiger partial charge in [0.25, 0.3) is 0 Å². The minimum absolute atomic E-state index is 0.114. The number of carboxylic acid groups (broad SMARTS) is 1. The number of carboxylic acids is 1. The number of carbonyl (C=O) groups is 2. The lowest BCUT2D eigenvalue weighted by Gasteiger charge is -2.04. The fourth-order valence-corrected chi connectivity index (χ4v) is 1.54. The molecule has 0 aliphatic carbocycles.